The molecule has 0 bridgehead atoms. The molecule has 1 aromatic carbocycles. The number of aromatic nitrogens is 1. The first-order valence-corrected chi connectivity index (χ1v) is 9.57. The van der Waals surface area contributed by atoms with Gasteiger partial charge >= 0.3 is 0 Å². The third kappa shape index (κ3) is 7.05. The zero-order valence-electron chi connectivity index (χ0n) is 15.9. The Hall–Kier alpha value is -1.76. The van der Waals surface area contributed by atoms with Crippen LogP contribution in [-0.2, 0) is 6.54 Å². The van der Waals surface area contributed by atoms with Gasteiger partial charge in [-0.3, -0.25) is 9.29 Å². The molecule has 150 valence electrons. The number of phenolic OH excluding ortho intramolecular Hbond substituents is 1. The number of alkyl halides is 1. The molecular formula is C19H27Cl2FN4O. The molecule has 4 N–H and O–H groups in total. The van der Waals surface area contributed by atoms with Gasteiger partial charge in [-0.1, -0.05) is 37.0 Å². The Morgan fingerprint density at radius 1 is 1.33 bits per heavy atom. The van der Waals surface area contributed by atoms with Gasteiger partial charge in [0.05, 0.1) is 22.4 Å². The molecule has 5 nitrogen and oxygen atoms in total. The number of hydrogen-bond acceptors (Lipinski definition) is 5. The quantitative estimate of drug-likeness (QED) is 0.554. The maximum atomic E-state index is 12.0. The Morgan fingerprint density at radius 2 is 2.04 bits per heavy atom. The first-order valence-electron chi connectivity index (χ1n) is 8.81. The third-order valence-corrected chi connectivity index (χ3v) is 4.14. The van der Waals surface area contributed by atoms with Crippen molar-refractivity contribution in [2.45, 2.75) is 26.8 Å². The molecule has 27 heavy (non-hydrogen) atoms. The molecule has 0 fully saturated rings. The number of nitrogens with one attached hydrogen (secondary N) is 1. The average Bonchev–Trinajstić information content (AvgIpc) is 2.65. The van der Waals surface area contributed by atoms with Crippen molar-refractivity contribution >= 4 is 34.1 Å². The van der Waals surface area contributed by atoms with Gasteiger partial charge < -0.3 is 16.2 Å². The second-order valence-corrected chi connectivity index (χ2v) is 6.59. The molecule has 2 rings (SSSR count). The van der Waals surface area contributed by atoms with Crippen molar-refractivity contribution in [2.75, 3.05) is 26.8 Å². The number of fused-ring (bicyclic) bond motifs is 1. The minimum atomic E-state index is -0.352. The minimum Gasteiger partial charge on any atom is -0.504 e. The van der Waals surface area contributed by atoms with E-state index in [9.17, 15) is 9.50 Å². The van der Waals surface area contributed by atoms with Crippen LogP contribution in [0, 0.1) is 0 Å². The van der Waals surface area contributed by atoms with E-state index in [2.05, 4.69) is 10.3 Å². The number of likely N-dealkylation sites (N-methyl/N-ethyl adjacent to an activating group) is 1. The fraction of sp³-hybridized carbons (Fsp3) is 0.421. The summed E-state index contributed by atoms with van der Waals surface area (Å²) in [5.41, 5.74) is 7.69. The molecule has 0 aliphatic rings. The number of pyridine rings is 1. The highest BCUT2D eigenvalue weighted by atomic mass is 35.5. The van der Waals surface area contributed by atoms with Crippen molar-refractivity contribution in [3.63, 3.8) is 0 Å². The minimum absolute atomic E-state index is 0.0814. The van der Waals surface area contributed by atoms with Gasteiger partial charge in [0.1, 0.15) is 5.52 Å². The van der Waals surface area contributed by atoms with Gasteiger partial charge in [0.2, 0.25) is 0 Å². The summed E-state index contributed by atoms with van der Waals surface area (Å²) in [5, 5.41) is 14.3. The normalized spacial score (nSPS) is 11.4. The molecule has 1 aromatic heterocycles. The van der Waals surface area contributed by atoms with Crippen molar-refractivity contribution in [1.82, 2.24) is 15.2 Å². The molecule has 0 saturated carbocycles. The molecule has 1 heterocycles. The van der Waals surface area contributed by atoms with Crippen LogP contribution in [0.3, 0.4) is 0 Å². The Morgan fingerprint density at radius 3 is 2.70 bits per heavy atom. The standard InChI is InChI=1S/C17H21Cl2FN4O.C2H6/c1-24(9-11(21)8-22-6-2-5-20)10-12-3-4-13-14(18)7-15(19)17(25)16(13)23-12;1-2/h3-4,7-8,22,25H,2,5-6,9-10,21H2,1H3;1-2H3/b11-8-;. The van der Waals surface area contributed by atoms with E-state index in [4.69, 9.17) is 28.9 Å². The van der Waals surface area contributed by atoms with Crippen LogP contribution in [0.2, 0.25) is 10.0 Å². The molecule has 0 radical (unpaired) electrons. The van der Waals surface area contributed by atoms with Gasteiger partial charge in [-0.25, -0.2) is 4.98 Å². The lowest BCUT2D eigenvalue weighted by Crippen LogP contribution is -2.25. The lowest BCUT2D eigenvalue weighted by Gasteiger charge is -2.17. The van der Waals surface area contributed by atoms with Crippen molar-refractivity contribution in [3.8, 4) is 5.75 Å². The summed E-state index contributed by atoms with van der Waals surface area (Å²) >= 11 is 12.1. The Kier molecular flexibility index (Phi) is 10.2. The van der Waals surface area contributed by atoms with Crippen LogP contribution in [0.1, 0.15) is 26.0 Å². The smallest absolute Gasteiger partial charge is 0.160 e. The lowest BCUT2D eigenvalue weighted by atomic mass is 10.2. The predicted octanol–water partition coefficient (Wildman–Crippen LogP) is 4.45. The molecule has 0 unspecified atom stereocenters. The van der Waals surface area contributed by atoms with E-state index in [1.165, 1.54) is 6.07 Å². The van der Waals surface area contributed by atoms with E-state index < -0.39 is 0 Å². The Bertz CT molecular complexity index is 771. The van der Waals surface area contributed by atoms with Crippen LogP contribution in [0.25, 0.3) is 10.9 Å². The zero-order chi connectivity index (χ0) is 20.4. The molecule has 0 saturated heterocycles. The van der Waals surface area contributed by atoms with Crippen LogP contribution in [0.4, 0.5) is 4.39 Å². The number of hydrogen-bond donors (Lipinski definition) is 3. The van der Waals surface area contributed by atoms with Crippen LogP contribution in [-0.4, -0.2) is 41.8 Å². The van der Waals surface area contributed by atoms with Crippen molar-refractivity contribution in [1.29, 1.82) is 0 Å². The Labute approximate surface area is 170 Å². The van der Waals surface area contributed by atoms with E-state index >= 15 is 0 Å². The molecule has 0 atom stereocenters. The van der Waals surface area contributed by atoms with Gasteiger partial charge in [0.25, 0.3) is 0 Å². The van der Waals surface area contributed by atoms with E-state index in [1.807, 2.05) is 37.9 Å². The summed E-state index contributed by atoms with van der Waals surface area (Å²) in [5.74, 6) is -0.0814. The topological polar surface area (TPSA) is 74.4 Å². The summed E-state index contributed by atoms with van der Waals surface area (Å²) in [6.07, 6.45) is 2.14. The second-order valence-electron chi connectivity index (χ2n) is 5.78. The molecular weight excluding hydrogens is 390 g/mol. The van der Waals surface area contributed by atoms with Gasteiger partial charge in [-0.2, -0.15) is 0 Å². The van der Waals surface area contributed by atoms with Gasteiger partial charge in [0, 0.05) is 36.9 Å². The summed E-state index contributed by atoms with van der Waals surface area (Å²) < 4.78 is 12.0. The van der Waals surface area contributed by atoms with Crippen molar-refractivity contribution in [2.24, 2.45) is 5.73 Å². The largest absolute Gasteiger partial charge is 0.504 e. The van der Waals surface area contributed by atoms with Gasteiger partial charge in [-0.05, 0) is 31.7 Å². The third-order valence-electron chi connectivity index (χ3n) is 3.54. The number of rotatable bonds is 8. The monoisotopic (exact) mass is 416 g/mol. The average molecular weight is 417 g/mol. The zero-order valence-corrected chi connectivity index (χ0v) is 17.4. The predicted molar refractivity (Wildman–Crippen MR) is 112 cm³/mol. The Balaban J connectivity index is 0.00000176. The number of nitrogens with two attached hydrogens (primary N) is 1. The van der Waals surface area contributed by atoms with E-state index in [0.717, 1.165) is 5.69 Å². The summed E-state index contributed by atoms with van der Waals surface area (Å²) in [4.78, 5) is 6.42. The van der Waals surface area contributed by atoms with Crippen LogP contribution in [0.5, 0.6) is 5.75 Å². The molecule has 0 aliphatic carbocycles. The molecule has 2 aromatic rings. The maximum Gasteiger partial charge on any atom is 0.160 e. The molecule has 0 spiro atoms. The highest BCUT2D eigenvalue weighted by molar-refractivity contribution is 6.39. The highest BCUT2D eigenvalue weighted by Crippen LogP contribution is 2.36. The van der Waals surface area contributed by atoms with E-state index in [0.29, 0.717) is 47.7 Å². The van der Waals surface area contributed by atoms with Crippen molar-refractivity contribution < 1.29 is 9.50 Å². The first kappa shape index (κ1) is 23.3. The number of nitrogens with zero attached hydrogens (tertiary/aromatic N) is 2. The number of phenols is 1. The van der Waals surface area contributed by atoms with Crippen molar-refractivity contribution in [3.05, 3.63) is 45.8 Å². The van der Waals surface area contributed by atoms with Gasteiger partial charge in [0.15, 0.2) is 5.75 Å². The highest BCUT2D eigenvalue weighted by Gasteiger charge is 2.12. The SMILES string of the molecule is CC.CN(C/C(N)=C/NCCCF)Cc1ccc2c(Cl)cc(Cl)c(O)c2n1. The lowest BCUT2D eigenvalue weighted by molar-refractivity contribution is 0.349. The molecule has 0 amide bonds. The number of aromatic hydroxyl groups is 1. The second kappa shape index (κ2) is 11.8. The van der Waals surface area contributed by atoms with Crippen LogP contribution >= 0.6 is 23.2 Å². The number of benzene rings is 1. The summed E-state index contributed by atoms with van der Waals surface area (Å²) in [7, 11) is 1.90. The van der Waals surface area contributed by atoms with Gasteiger partial charge in [-0.15, -0.1) is 0 Å². The molecule has 0 aliphatic heterocycles. The first-order chi connectivity index (χ1) is 12.9. The summed E-state index contributed by atoms with van der Waals surface area (Å²) in [6, 6.07) is 5.15. The maximum absolute atomic E-state index is 12.0. The van der Waals surface area contributed by atoms with E-state index in [-0.39, 0.29) is 17.4 Å². The number of halogens is 3. The van der Waals surface area contributed by atoms with Crippen LogP contribution in [0.15, 0.2) is 30.1 Å². The fourth-order valence-electron chi connectivity index (χ4n) is 2.39. The fourth-order valence-corrected chi connectivity index (χ4v) is 2.91. The van der Waals surface area contributed by atoms with E-state index in [1.54, 1.807) is 6.20 Å². The summed E-state index contributed by atoms with van der Waals surface area (Å²) in [6.45, 7) is 5.24. The molecule has 8 heteroatoms. The van der Waals surface area contributed by atoms with Crippen LogP contribution < -0.4 is 11.1 Å².